The number of hydrogen-bond donors (Lipinski definition) is 2. The first-order valence-electron chi connectivity index (χ1n) is 24.5. The Labute approximate surface area is 460 Å². The number of para-hydroxylation sites is 2. The smallest absolute Gasteiger partial charge is 0.872 e. The molecule has 8 nitrogen and oxygen atoms in total. The van der Waals surface area contributed by atoms with Crippen molar-refractivity contribution >= 4 is 22.7 Å². The third kappa shape index (κ3) is 15.0. The quantitative estimate of drug-likeness (QED) is 0.0921. The molecule has 6 rings (SSSR count). The standard InChI is InChI=1S/2C31H41NO3.2CH3.Hf/c2*1-20-16-23(28(33)24(17-20)30(3,4)5)22-12-10-11-13-26(22)32(14-15-35-9)27-19-21(2)18-25(29(27)34)31(6,7)8;;;/h2*10-13,16-19,33-34H,14-15H2,1-9H3;2*1H3;/q;;2*-1;+4/p-2. The van der Waals surface area contributed by atoms with Crippen molar-refractivity contribution in [3.8, 4) is 45.3 Å². The van der Waals surface area contributed by atoms with Gasteiger partial charge in [0.25, 0.3) is 0 Å². The van der Waals surface area contributed by atoms with Crippen LogP contribution < -0.4 is 20.0 Å². The molecule has 0 aliphatic heterocycles. The molecule has 0 amide bonds. The van der Waals surface area contributed by atoms with Gasteiger partial charge < -0.3 is 54.6 Å². The summed E-state index contributed by atoms with van der Waals surface area (Å²) in [5.74, 6) is 0.615. The van der Waals surface area contributed by atoms with E-state index in [4.69, 9.17) is 9.47 Å². The van der Waals surface area contributed by atoms with Crippen molar-refractivity contribution in [1.29, 1.82) is 0 Å². The van der Waals surface area contributed by atoms with E-state index in [-0.39, 0.29) is 85.4 Å². The zero-order valence-electron chi connectivity index (χ0n) is 48.0. The molecule has 0 saturated heterocycles. The van der Waals surface area contributed by atoms with Crippen LogP contribution in [0.3, 0.4) is 0 Å². The van der Waals surface area contributed by atoms with Crippen molar-refractivity contribution in [2.24, 2.45) is 0 Å². The molecule has 392 valence electrons. The molecule has 0 atom stereocenters. The van der Waals surface area contributed by atoms with Gasteiger partial charge in [-0.3, -0.25) is 0 Å². The number of hydrogen-bond acceptors (Lipinski definition) is 8. The Morgan fingerprint density at radius 2 is 0.685 bits per heavy atom. The molecule has 0 radical (unpaired) electrons. The fourth-order valence-corrected chi connectivity index (χ4v) is 9.12. The molecule has 0 aliphatic carbocycles. The van der Waals surface area contributed by atoms with Gasteiger partial charge in [0.1, 0.15) is 11.5 Å². The van der Waals surface area contributed by atoms with Crippen LogP contribution in [0.5, 0.6) is 23.0 Å². The number of methoxy groups -OCH3 is 2. The number of aromatic hydroxyl groups is 2. The Kier molecular flexibility index (Phi) is 22.3. The SMILES string of the molecule is COCCN(c1ccccc1-c1cc(C)cc(C(C)(C)C)c1[O-])c1cc(C)cc(C(C)(C)C)c1O.COCCN(c1ccccc1-c1cc(C)cc(C(C)(C)C)c1[O-])c1cc(C)cc(C(C)(C)C)c1O.[CH3-].[CH3-].[Hf+4]. The Balaban J connectivity index is 0.000000480. The van der Waals surface area contributed by atoms with Gasteiger partial charge in [-0.15, -0.1) is 0 Å². The van der Waals surface area contributed by atoms with Crippen LogP contribution in [0.4, 0.5) is 22.7 Å². The monoisotopic (exact) mass is 1160 g/mol. The van der Waals surface area contributed by atoms with Gasteiger partial charge in [0.2, 0.25) is 0 Å². The van der Waals surface area contributed by atoms with E-state index in [1.165, 1.54) is 0 Å². The summed E-state index contributed by atoms with van der Waals surface area (Å²) in [6, 6.07) is 31.9. The fraction of sp³-hybridized carbons (Fsp3) is 0.406. The molecule has 0 unspecified atom stereocenters. The molecular formula is C64H86HfN2O6. The van der Waals surface area contributed by atoms with Gasteiger partial charge in [0.05, 0.1) is 24.6 Å². The molecule has 0 saturated carbocycles. The van der Waals surface area contributed by atoms with Gasteiger partial charge in [-0.05, 0) is 107 Å². The second kappa shape index (κ2) is 25.4. The van der Waals surface area contributed by atoms with Crippen molar-refractivity contribution in [3.05, 3.63) is 156 Å². The molecule has 0 bridgehead atoms. The summed E-state index contributed by atoms with van der Waals surface area (Å²) in [4.78, 5) is 4.16. The maximum absolute atomic E-state index is 13.7. The van der Waals surface area contributed by atoms with Crippen molar-refractivity contribution in [2.75, 3.05) is 50.3 Å². The normalized spacial score (nSPS) is 11.6. The summed E-state index contributed by atoms with van der Waals surface area (Å²) in [6.07, 6.45) is 0. The van der Waals surface area contributed by atoms with Crippen molar-refractivity contribution in [3.63, 3.8) is 0 Å². The van der Waals surface area contributed by atoms with Crippen LogP contribution in [0, 0.1) is 42.5 Å². The maximum atomic E-state index is 13.7. The average Bonchev–Trinajstić information content (AvgIpc) is 3.26. The number of nitrogens with zero attached hydrogens (tertiary/aromatic N) is 2. The second-order valence-corrected chi connectivity index (χ2v) is 23.1. The summed E-state index contributed by atoms with van der Waals surface area (Å²) in [5, 5.41) is 50.3. The summed E-state index contributed by atoms with van der Waals surface area (Å²) in [6.45, 7) is 35.2. The minimum atomic E-state index is -0.265. The van der Waals surface area contributed by atoms with E-state index in [1.807, 2.05) is 125 Å². The van der Waals surface area contributed by atoms with Crippen LogP contribution >= 0.6 is 0 Å². The Morgan fingerprint density at radius 1 is 0.411 bits per heavy atom. The Hall–Kier alpha value is -5.09. The number of benzene rings is 6. The number of phenols is 2. The van der Waals surface area contributed by atoms with E-state index in [0.29, 0.717) is 37.4 Å². The minimum Gasteiger partial charge on any atom is -0.872 e. The molecule has 0 fully saturated rings. The molecule has 9 heteroatoms. The molecule has 0 aliphatic rings. The predicted octanol–water partition coefficient (Wildman–Crippen LogP) is 15.2. The van der Waals surface area contributed by atoms with Crippen LogP contribution in [0.2, 0.25) is 0 Å². The van der Waals surface area contributed by atoms with Crippen LogP contribution in [0.25, 0.3) is 22.3 Å². The third-order valence-corrected chi connectivity index (χ3v) is 12.8. The van der Waals surface area contributed by atoms with Gasteiger partial charge in [-0.25, -0.2) is 0 Å². The Bertz CT molecular complexity index is 2600. The number of aryl methyl sites for hydroxylation is 4. The number of rotatable bonds is 12. The summed E-state index contributed by atoms with van der Waals surface area (Å²) in [7, 11) is 3.35. The van der Waals surface area contributed by atoms with Gasteiger partial charge in [0.15, 0.2) is 0 Å². The number of ether oxygens (including phenoxy) is 2. The van der Waals surface area contributed by atoms with Crippen molar-refractivity contribution < 1.29 is 55.7 Å². The molecule has 6 aromatic carbocycles. The van der Waals surface area contributed by atoms with Gasteiger partial charge >= 0.3 is 25.8 Å². The first-order valence-corrected chi connectivity index (χ1v) is 24.5. The third-order valence-electron chi connectivity index (χ3n) is 12.8. The maximum Gasteiger partial charge on any atom is 4.00 e. The summed E-state index contributed by atoms with van der Waals surface area (Å²) in [5.41, 5.74) is 12.9. The zero-order valence-corrected chi connectivity index (χ0v) is 51.6. The van der Waals surface area contributed by atoms with Crippen LogP contribution in [-0.4, -0.2) is 50.7 Å². The molecule has 73 heavy (non-hydrogen) atoms. The molecule has 0 aromatic heterocycles. The molecule has 2 N–H and O–H groups in total. The Morgan fingerprint density at radius 3 is 0.973 bits per heavy atom. The van der Waals surface area contributed by atoms with E-state index in [2.05, 4.69) is 92.9 Å². The van der Waals surface area contributed by atoms with Gasteiger partial charge in [-0.1, -0.05) is 179 Å². The van der Waals surface area contributed by atoms with Crippen LogP contribution in [-0.2, 0) is 57.0 Å². The fourth-order valence-electron chi connectivity index (χ4n) is 9.12. The van der Waals surface area contributed by atoms with E-state index in [9.17, 15) is 20.4 Å². The van der Waals surface area contributed by atoms with E-state index in [1.54, 1.807) is 14.2 Å². The molecule has 0 spiro atoms. The van der Waals surface area contributed by atoms with Crippen molar-refractivity contribution in [2.45, 2.75) is 132 Å². The molecule has 0 heterocycles. The average molecular weight is 1160 g/mol. The van der Waals surface area contributed by atoms with E-state index < -0.39 is 0 Å². The molecular weight excluding hydrogens is 1070 g/mol. The first-order chi connectivity index (χ1) is 32.5. The number of anilines is 4. The van der Waals surface area contributed by atoms with Crippen LogP contribution in [0.1, 0.15) is 128 Å². The van der Waals surface area contributed by atoms with Gasteiger partial charge in [-0.2, -0.15) is 0 Å². The largest absolute Gasteiger partial charge is 4.00 e. The topological polar surface area (TPSA) is 112 Å². The first kappa shape index (κ1) is 64.0. The predicted molar refractivity (Wildman–Crippen MR) is 303 cm³/mol. The summed E-state index contributed by atoms with van der Waals surface area (Å²) >= 11 is 0. The summed E-state index contributed by atoms with van der Waals surface area (Å²) < 4.78 is 10.9. The van der Waals surface area contributed by atoms with E-state index in [0.717, 1.165) is 78.4 Å². The van der Waals surface area contributed by atoms with Crippen LogP contribution in [0.15, 0.2) is 97.1 Å². The molecule has 6 aromatic rings. The zero-order chi connectivity index (χ0) is 52.3. The van der Waals surface area contributed by atoms with Gasteiger partial charge in [0, 0.05) is 60.9 Å². The van der Waals surface area contributed by atoms with E-state index >= 15 is 0 Å². The van der Waals surface area contributed by atoms with Crippen molar-refractivity contribution in [1.82, 2.24) is 0 Å². The minimum absolute atomic E-state index is 0. The second-order valence-electron chi connectivity index (χ2n) is 23.1. The number of phenolic OH excluding ortho intramolecular Hbond substituents is 2.